The highest BCUT2D eigenvalue weighted by atomic mass is 32.2. The van der Waals surface area contributed by atoms with Gasteiger partial charge in [0, 0.05) is 11.1 Å². The van der Waals surface area contributed by atoms with Gasteiger partial charge in [-0.1, -0.05) is 36.4 Å². The Labute approximate surface area is 159 Å². The Morgan fingerprint density at radius 3 is 2.48 bits per heavy atom. The molecule has 5 nitrogen and oxygen atoms in total. The Hall–Kier alpha value is -2.73. The Morgan fingerprint density at radius 2 is 1.74 bits per heavy atom. The standard InChI is InChI=1S/C21H22N2O3S/c1-21(2,3)27(25,26)14-15-7-6-9-17(13-15)22-20(24)19-12-11-16-8-4-5-10-18(16)23-19/h4-13H,14H2,1-3H3,(H,22,24). The van der Waals surface area contributed by atoms with Crippen LogP contribution in [-0.4, -0.2) is 24.1 Å². The van der Waals surface area contributed by atoms with E-state index in [1.54, 1.807) is 51.1 Å². The summed E-state index contributed by atoms with van der Waals surface area (Å²) in [7, 11) is -3.30. The zero-order valence-corrected chi connectivity index (χ0v) is 16.4. The molecule has 0 saturated carbocycles. The number of amides is 1. The normalized spacial score (nSPS) is 12.1. The fourth-order valence-electron chi connectivity index (χ4n) is 2.56. The number of pyridine rings is 1. The van der Waals surface area contributed by atoms with Crippen LogP contribution in [0.5, 0.6) is 0 Å². The maximum atomic E-state index is 12.5. The van der Waals surface area contributed by atoms with Crippen LogP contribution < -0.4 is 5.32 Å². The minimum atomic E-state index is -3.30. The number of sulfone groups is 1. The molecule has 0 atom stereocenters. The molecule has 140 valence electrons. The minimum Gasteiger partial charge on any atom is -0.321 e. The molecule has 0 aliphatic rings. The van der Waals surface area contributed by atoms with E-state index >= 15 is 0 Å². The number of aromatic nitrogens is 1. The maximum absolute atomic E-state index is 12.5. The summed E-state index contributed by atoms with van der Waals surface area (Å²) in [5.74, 6) is -0.411. The number of carbonyl (C=O) groups is 1. The predicted octanol–water partition coefficient (Wildman–Crippen LogP) is 4.20. The summed E-state index contributed by atoms with van der Waals surface area (Å²) in [6.45, 7) is 5.04. The van der Waals surface area contributed by atoms with Crippen molar-refractivity contribution in [3.8, 4) is 0 Å². The van der Waals surface area contributed by atoms with Gasteiger partial charge in [0.2, 0.25) is 0 Å². The Bertz CT molecular complexity index is 1100. The first-order chi connectivity index (χ1) is 12.7. The van der Waals surface area contributed by atoms with Crippen molar-refractivity contribution >= 4 is 32.3 Å². The van der Waals surface area contributed by atoms with E-state index in [-0.39, 0.29) is 11.7 Å². The number of carbonyl (C=O) groups excluding carboxylic acids is 1. The highest BCUT2D eigenvalue weighted by molar-refractivity contribution is 7.91. The fourth-order valence-corrected chi connectivity index (χ4v) is 3.61. The van der Waals surface area contributed by atoms with Gasteiger partial charge in [-0.2, -0.15) is 0 Å². The van der Waals surface area contributed by atoms with Gasteiger partial charge >= 0.3 is 0 Å². The first-order valence-corrected chi connectivity index (χ1v) is 10.3. The van der Waals surface area contributed by atoms with Crippen LogP contribution in [0.25, 0.3) is 10.9 Å². The number of hydrogen-bond acceptors (Lipinski definition) is 4. The molecule has 6 heteroatoms. The van der Waals surface area contributed by atoms with Crippen LogP contribution in [0.4, 0.5) is 5.69 Å². The maximum Gasteiger partial charge on any atom is 0.274 e. The van der Waals surface area contributed by atoms with Crippen molar-refractivity contribution in [2.75, 3.05) is 5.32 Å². The number of nitrogens with zero attached hydrogens (tertiary/aromatic N) is 1. The van der Waals surface area contributed by atoms with Gasteiger partial charge in [-0.05, 0) is 50.6 Å². The Balaban J connectivity index is 1.80. The van der Waals surface area contributed by atoms with E-state index in [4.69, 9.17) is 0 Å². The summed E-state index contributed by atoms with van der Waals surface area (Å²) in [6.07, 6.45) is 0. The molecular formula is C21H22N2O3S. The summed E-state index contributed by atoms with van der Waals surface area (Å²) >= 11 is 0. The average Bonchev–Trinajstić information content (AvgIpc) is 2.60. The van der Waals surface area contributed by atoms with E-state index in [1.165, 1.54) is 0 Å². The van der Waals surface area contributed by atoms with E-state index in [0.717, 1.165) is 10.9 Å². The monoisotopic (exact) mass is 382 g/mol. The van der Waals surface area contributed by atoms with Crippen molar-refractivity contribution in [1.82, 2.24) is 4.98 Å². The van der Waals surface area contributed by atoms with E-state index in [1.807, 2.05) is 30.3 Å². The van der Waals surface area contributed by atoms with Crippen LogP contribution in [0.1, 0.15) is 36.8 Å². The lowest BCUT2D eigenvalue weighted by Crippen LogP contribution is -2.29. The smallest absolute Gasteiger partial charge is 0.274 e. The molecule has 0 saturated heterocycles. The topological polar surface area (TPSA) is 76.1 Å². The molecule has 1 aromatic heterocycles. The number of hydrogen-bond donors (Lipinski definition) is 1. The molecule has 0 radical (unpaired) electrons. The molecule has 3 rings (SSSR count). The third kappa shape index (κ3) is 4.34. The van der Waals surface area contributed by atoms with E-state index in [2.05, 4.69) is 10.3 Å². The molecule has 0 unspecified atom stereocenters. The molecule has 0 aliphatic heterocycles. The van der Waals surface area contributed by atoms with Crippen molar-refractivity contribution in [2.24, 2.45) is 0 Å². The van der Waals surface area contributed by atoms with Crippen LogP contribution >= 0.6 is 0 Å². The van der Waals surface area contributed by atoms with Crippen LogP contribution in [0.2, 0.25) is 0 Å². The Morgan fingerprint density at radius 1 is 1.00 bits per heavy atom. The number of para-hydroxylation sites is 1. The quantitative estimate of drug-likeness (QED) is 0.734. The van der Waals surface area contributed by atoms with Crippen LogP contribution in [0.3, 0.4) is 0 Å². The first kappa shape index (κ1) is 19.0. The zero-order chi connectivity index (χ0) is 19.7. The molecule has 0 fully saturated rings. The summed E-state index contributed by atoms with van der Waals surface area (Å²) < 4.78 is 24.0. The molecule has 3 aromatic rings. The van der Waals surface area contributed by atoms with Crippen molar-refractivity contribution in [3.05, 3.63) is 71.9 Å². The molecule has 0 aliphatic carbocycles. The summed E-state index contributed by atoms with van der Waals surface area (Å²) in [5, 5.41) is 3.75. The highest BCUT2D eigenvalue weighted by Crippen LogP contribution is 2.22. The van der Waals surface area contributed by atoms with E-state index < -0.39 is 14.6 Å². The van der Waals surface area contributed by atoms with Gasteiger partial charge in [0.15, 0.2) is 9.84 Å². The second kappa shape index (κ2) is 7.12. The number of nitrogens with one attached hydrogen (secondary N) is 1. The molecule has 1 N–H and O–H groups in total. The lowest BCUT2D eigenvalue weighted by Gasteiger charge is -2.19. The third-order valence-corrected chi connectivity index (χ3v) is 6.89. The summed E-state index contributed by atoms with van der Waals surface area (Å²) in [6, 6.07) is 18.0. The number of benzene rings is 2. The molecule has 1 heterocycles. The molecule has 2 aromatic carbocycles. The third-order valence-electron chi connectivity index (χ3n) is 4.31. The van der Waals surface area contributed by atoms with Crippen molar-refractivity contribution in [3.63, 3.8) is 0 Å². The van der Waals surface area contributed by atoms with Crippen molar-refractivity contribution < 1.29 is 13.2 Å². The van der Waals surface area contributed by atoms with Crippen molar-refractivity contribution in [2.45, 2.75) is 31.3 Å². The summed E-state index contributed by atoms with van der Waals surface area (Å²) in [4.78, 5) is 16.9. The largest absolute Gasteiger partial charge is 0.321 e. The number of anilines is 1. The lowest BCUT2D eigenvalue weighted by molar-refractivity contribution is 0.102. The molecule has 27 heavy (non-hydrogen) atoms. The van der Waals surface area contributed by atoms with Gasteiger partial charge < -0.3 is 5.32 Å². The number of rotatable bonds is 4. The molecular weight excluding hydrogens is 360 g/mol. The molecule has 0 bridgehead atoms. The molecule has 1 amide bonds. The SMILES string of the molecule is CC(C)(C)S(=O)(=O)Cc1cccc(NC(=O)c2ccc3ccccc3n2)c1. The average molecular weight is 382 g/mol. The van der Waals surface area contributed by atoms with Gasteiger partial charge in [0.05, 0.1) is 16.0 Å². The van der Waals surface area contributed by atoms with Gasteiger partial charge in [-0.3, -0.25) is 4.79 Å². The van der Waals surface area contributed by atoms with Crippen molar-refractivity contribution in [1.29, 1.82) is 0 Å². The fraction of sp³-hybridized carbons (Fsp3) is 0.238. The van der Waals surface area contributed by atoms with Gasteiger partial charge in [-0.25, -0.2) is 13.4 Å². The summed E-state index contributed by atoms with van der Waals surface area (Å²) in [5.41, 5.74) is 2.22. The lowest BCUT2D eigenvalue weighted by atomic mass is 10.2. The van der Waals surface area contributed by atoms with E-state index in [0.29, 0.717) is 16.9 Å². The second-order valence-corrected chi connectivity index (χ2v) is 10.2. The second-order valence-electron chi connectivity index (χ2n) is 7.42. The zero-order valence-electron chi connectivity index (χ0n) is 15.6. The first-order valence-electron chi connectivity index (χ1n) is 8.64. The van der Waals surface area contributed by atoms with Crippen LogP contribution in [0.15, 0.2) is 60.7 Å². The van der Waals surface area contributed by atoms with Crippen LogP contribution in [0, 0.1) is 0 Å². The molecule has 0 spiro atoms. The number of fused-ring (bicyclic) bond motifs is 1. The Kier molecular flexibility index (Phi) is 5.02. The van der Waals surface area contributed by atoms with Gasteiger partial charge in [0.1, 0.15) is 5.69 Å². The minimum absolute atomic E-state index is 0.0750. The van der Waals surface area contributed by atoms with E-state index in [9.17, 15) is 13.2 Å². The predicted molar refractivity (Wildman–Crippen MR) is 109 cm³/mol. The van der Waals surface area contributed by atoms with Crippen LogP contribution in [-0.2, 0) is 15.6 Å². The van der Waals surface area contributed by atoms with Gasteiger partial charge in [-0.15, -0.1) is 0 Å². The van der Waals surface area contributed by atoms with Gasteiger partial charge in [0.25, 0.3) is 5.91 Å². The highest BCUT2D eigenvalue weighted by Gasteiger charge is 2.29.